The van der Waals surface area contributed by atoms with Crippen LogP contribution in [0.4, 0.5) is 0 Å². The number of hydrogen-bond acceptors (Lipinski definition) is 5. The Morgan fingerprint density at radius 3 is 2.67 bits per heavy atom. The number of rotatable bonds is 5. The standard InChI is InChI=1S/C19H18Cl2N4OS/c20-16-5-4-14(11-17(16)21)25-18(13-6-8-22-9-7-13)23-24-19(25)27-12-15-3-1-2-10-26-15/h4-9,11,15H,1-3,10,12H2/t15-/m0/s1. The predicted molar refractivity (Wildman–Crippen MR) is 109 cm³/mol. The van der Waals surface area contributed by atoms with Gasteiger partial charge in [-0.15, -0.1) is 10.2 Å². The molecule has 3 aromatic rings. The molecule has 0 radical (unpaired) electrons. The van der Waals surface area contributed by atoms with Crippen molar-refractivity contribution in [2.45, 2.75) is 30.5 Å². The van der Waals surface area contributed by atoms with Crippen molar-refractivity contribution in [2.75, 3.05) is 12.4 Å². The van der Waals surface area contributed by atoms with E-state index in [0.29, 0.717) is 10.0 Å². The lowest BCUT2D eigenvalue weighted by Crippen LogP contribution is -2.21. The zero-order chi connectivity index (χ0) is 18.6. The van der Waals surface area contributed by atoms with Gasteiger partial charge in [0.25, 0.3) is 0 Å². The van der Waals surface area contributed by atoms with Gasteiger partial charge in [-0.05, 0) is 49.6 Å². The molecule has 1 aliphatic heterocycles. The highest BCUT2D eigenvalue weighted by atomic mass is 35.5. The Kier molecular flexibility index (Phi) is 5.98. The Hall–Kier alpha value is -1.60. The number of pyridine rings is 1. The van der Waals surface area contributed by atoms with Crippen molar-refractivity contribution >= 4 is 35.0 Å². The first-order valence-corrected chi connectivity index (χ1v) is 10.5. The summed E-state index contributed by atoms with van der Waals surface area (Å²) in [5, 5.41) is 10.7. The molecule has 140 valence electrons. The third-order valence-electron chi connectivity index (χ3n) is 4.41. The van der Waals surface area contributed by atoms with Crippen molar-refractivity contribution in [3.63, 3.8) is 0 Å². The minimum Gasteiger partial charge on any atom is -0.377 e. The zero-order valence-electron chi connectivity index (χ0n) is 14.5. The van der Waals surface area contributed by atoms with Crippen molar-refractivity contribution in [1.29, 1.82) is 0 Å². The molecule has 8 heteroatoms. The van der Waals surface area contributed by atoms with Gasteiger partial charge in [0.2, 0.25) is 0 Å². The van der Waals surface area contributed by atoms with Crippen molar-refractivity contribution in [3.05, 3.63) is 52.8 Å². The number of thioether (sulfide) groups is 1. The molecule has 1 atom stereocenters. The molecular weight excluding hydrogens is 403 g/mol. The second kappa shape index (κ2) is 8.61. The predicted octanol–water partition coefficient (Wildman–Crippen LogP) is 5.30. The molecule has 2 aromatic heterocycles. The number of aromatic nitrogens is 4. The topological polar surface area (TPSA) is 52.8 Å². The average molecular weight is 421 g/mol. The van der Waals surface area contributed by atoms with Crippen LogP contribution >= 0.6 is 35.0 Å². The maximum atomic E-state index is 6.26. The van der Waals surface area contributed by atoms with Gasteiger partial charge in [-0.3, -0.25) is 9.55 Å². The summed E-state index contributed by atoms with van der Waals surface area (Å²) < 4.78 is 7.85. The van der Waals surface area contributed by atoms with Crippen LogP contribution < -0.4 is 0 Å². The van der Waals surface area contributed by atoms with Crippen LogP contribution in [0, 0.1) is 0 Å². The van der Waals surface area contributed by atoms with Crippen LogP contribution in [0.2, 0.25) is 10.0 Å². The molecule has 0 saturated carbocycles. The number of benzene rings is 1. The van der Waals surface area contributed by atoms with Crippen molar-refractivity contribution in [1.82, 2.24) is 19.7 Å². The summed E-state index contributed by atoms with van der Waals surface area (Å²) in [6.45, 7) is 0.840. The molecule has 0 spiro atoms. The Bertz CT molecular complexity index is 913. The van der Waals surface area contributed by atoms with E-state index in [0.717, 1.165) is 47.4 Å². The summed E-state index contributed by atoms with van der Waals surface area (Å²) >= 11 is 14.0. The molecule has 1 fully saturated rings. The molecule has 0 N–H and O–H groups in total. The molecular formula is C19H18Cl2N4OS. The highest BCUT2D eigenvalue weighted by molar-refractivity contribution is 7.99. The van der Waals surface area contributed by atoms with Crippen LogP contribution in [0.3, 0.4) is 0 Å². The van der Waals surface area contributed by atoms with Crippen LogP contribution in [0.25, 0.3) is 17.1 Å². The van der Waals surface area contributed by atoms with Crippen LogP contribution in [0.5, 0.6) is 0 Å². The zero-order valence-corrected chi connectivity index (χ0v) is 16.8. The monoisotopic (exact) mass is 420 g/mol. The lowest BCUT2D eigenvalue weighted by Gasteiger charge is -2.22. The second-order valence-corrected chi connectivity index (χ2v) is 8.08. The number of ether oxygens (including phenoxy) is 1. The molecule has 0 amide bonds. The SMILES string of the molecule is Clc1ccc(-n2c(SC[C@@H]3CCCCO3)nnc2-c2ccncc2)cc1Cl. The first kappa shape index (κ1) is 18.7. The third kappa shape index (κ3) is 4.29. The highest BCUT2D eigenvalue weighted by Gasteiger charge is 2.20. The Labute approximate surface area is 172 Å². The van der Waals surface area contributed by atoms with Crippen LogP contribution in [-0.2, 0) is 4.74 Å². The first-order chi connectivity index (χ1) is 13.2. The number of hydrogen-bond donors (Lipinski definition) is 0. The molecule has 1 aromatic carbocycles. The van der Waals surface area contributed by atoms with E-state index >= 15 is 0 Å². The summed E-state index contributed by atoms with van der Waals surface area (Å²) in [7, 11) is 0. The van der Waals surface area contributed by atoms with Crippen molar-refractivity contribution in [2.24, 2.45) is 0 Å². The molecule has 5 nitrogen and oxygen atoms in total. The molecule has 27 heavy (non-hydrogen) atoms. The lowest BCUT2D eigenvalue weighted by molar-refractivity contribution is 0.0315. The number of nitrogens with zero attached hydrogens (tertiary/aromatic N) is 4. The fourth-order valence-electron chi connectivity index (χ4n) is 3.01. The van der Waals surface area contributed by atoms with Gasteiger partial charge < -0.3 is 4.74 Å². The maximum Gasteiger partial charge on any atom is 0.196 e. The molecule has 0 unspecified atom stereocenters. The van der Waals surface area contributed by atoms with Gasteiger partial charge in [0.1, 0.15) is 0 Å². The van der Waals surface area contributed by atoms with Gasteiger partial charge in [0.05, 0.1) is 21.8 Å². The minimum atomic E-state index is 0.257. The van der Waals surface area contributed by atoms with E-state index < -0.39 is 0 Å². The molecule has 3 heterocycles. The van der Waals surface area contributed by atoms with Crippen molar-refractivity contribution in [3.8, 4) is 17.1 Å². The largest absolute Gasteiger partial charge is 0.377 e. The van der Waals surface area contributed by atoms with Gasteiger partial charge in [0, 0.05) is 30.3 Å². The van der Waals surface area contributed by atoms with E-state index in [1.807, 2.05) is 28.8 Å². The Morgan fingerprint density at radius 1 is 1.07 bits per heavy atom. The Morgan fingerprint density at radius 2 is 1.93 bits per heavy atom. The Balaban J connectivity index is 1.70. The fourth-order valence-corrected chi connectivity index (χ4v) is 4.32. The highest BCUT2D eigenvalue weighted by Crippen LogP contribution is 2.32. The normalized spacial score (nSPS) is 17.2. The summed E-state index contributed by atoms with van der Waals surface area (Å²) in [5.41, 5.74) is 1.80. The molecule has 0 aliphatic carbocycles. The molecule has 0 bridgehead atoms. The maximum absolute atomic E-state index is 6.26. The van der Waals surface area contributed by atoms with E-state index in [4.69, 9.17) is 27.9 Å². The van der Waals surface area contributed by atoms with Gasteiger partial charge in [-0.25, -0.2) is 0 Å². The second-order valence-electron chi connectivity index (χ2n) is 6.28. The van der Waals surface area contributed by atoms with Crippen LogP contribution in [0.15, 0.2) is 47.9 Å². The van der Waals surface area contributed by atoms with Crippen molar-refractivity contribution < 1.29 is 4.74 Å². The molecule has 4 rings (SSSR count). The summed E-state index contributed by atoms with van der Waals surface area (Å²) in [6, 6.07) is 9.37. The third-order valence-corrected chi connectivity index (χ3v) is 6.21. The van der Waals surface area contributed by atoms with E-state index in [1.54, 1.807) is 30.2 Å². The van der Waals surface area contributed by atoms with Gasteiger partial charge >= 0.3 is 0 Å². The van der Waals surface area contributed by atoms with E-state index in [9.17, 15) is 0 Å². The van der Waals surface area contributed by atoms with E-state index in [1.165, 1.54) is 6.42 Å². The van der Waals surface area contributed by atoms with Crippen LogP contribution in [0.1, 0.15) is 19.3 Å². The molecule has 1 saturated heterocycles. The minimum absolute atomic E-state index is 0.257. The quantitative estimate of drug-likeness (QED) is 0.524. The number of halogens is 2. The first-order valence-electron chi connectivity index (χ1n) is 8.78. The van der Waals surface area contributed by atoms with Crippen LogP contribution in [-0.4, -0.2) is 38.2 Å². The smallest absolute Gasteiger partial charge is 0.196 e. The van der Waals surface area contributed by atoms with E-state index in [2.05, 4.69) is 15.2 Å². The summed E-state index contributed by atoms with van der Waals surface area (Å²) in [6.07, 6.45) is 7.19. The van der Waals surface area contributed by atoms with Gasteiger partial charge in [-0.2, -0.15) is 0 Å². The van der Waals surface area contributed by atoms with Gasteiger partial charge in [-0.1, -0.05) is 35.0 Å². The molecule has 1 aliphatic rings. The lowest BCUT2D eigenvalue weighted by atomic mass is 10.1. The fraction of sp³-hybridized carbons (Fsp3) is 0.316. The summed E-state index contributed by atoms with van der Waals surface area (Å²) in [5.74, 6) is 1.58. The van der Waals surface area contributed by atoms with Gasteiger partial charge in [0.15, 0.2) is 11.0 Å². The summed E-state index contributed by atoms with van der Waals surface area (Å²) in [4.78, 5) is 4.09. The van der Waals surface area contributed by atoms with E-state index in [-0.39, 0.29) is 6.10 Å². The average Bonchev–Trinajstić information content (AvgIpc) is 3.14.